The number of carbonyl (C=O) groups excluding carboxylic acids is 1. The minimum absolute atomic E-state index is 0.0223. The monoisotopic (exact) mass is 423 g/mol. The van der Waals surface area contributed by atoms with E-state index in [2.05, 4.69) is 21.9 Å². The van der Waals surface area contributed by atoms with E-state index in [4.69, 9.17) is 9.47 Å². The highest BCUT2D eigenvalue weighted by Crippen LogP contribution is 2.48. The molecule has 0 amide bonds. The zero-order valence-electron chi connectivity index (χ0n) is 17.8. The number of carbonyl (C=O) groups is 1. The van der Waals surface area contributed by atoms with Gasteiger partial charge in [0.15, 0.2) is 17.3 Å². The number of hydrogen-bond donors (Lipinski definition) is 3. The number of benzene rings is 1. The molecular weight excluding hydrogens is 398 g/mol. The number of ether oxygens (including phenoxy) is 2. The van der Waals surface area contributed by atoms with E-state index >= 15 is 0 Å². The summed E-state index contributed by atoms with van der Waals surface area (Å²) in [6.45, 7) is 8.01. The Bertz CT molecular complexity index is 1220. The molecule has 1 aromatic heterocycles. The molecule has 1 aliphatic heterocycles. The van der Waals surface area contributed by atoms with E-state index in [9.17, 15) is 14.4 Å². The number of ketones is 1. The molecule has 3 N–H and O–H groups in total. The molecule has 0 saturated heterocycles. The molecule has 0 radical (unpaired) electrons. The molecule has 1 atom stereocenters. The van der Waals surface area contributed by atoms with Gasteiger partial charge in [-0.3, -0.25) is 19.6 Å². The van der Waals surface area contributed by atoms with E-state index in [-0.39, 0.29) is 11.2 Å². The minimum atomic E-state index is -0.641. The van der Waals surface area contributed by atoms with E-state index in [0.717, 1.165) is 5.70 Å². The number of methoxy groups -OCH3 is 1. The summed E-state index contributed by atoms with van der Waals surface area (Å²) in [6, 6.07) is 5.32. The van der Waals surface area contributed by atoms with Crippen LogP contribution in [-0.2, 0) is 4.79 Å². The lowest BCUT2D eigenvalue weighted by Gasteiger charge is -2.38. The van der Waals surface area contributed by atoms with Crippen molar-refractivity contribution in [2.75, 3.05) is 19.0 Å². The topological polar surface area (TPSA) is 113 Å². The lowest BCUT2D eigenvalue weighted by molar-refractivity contribution is -0.118. The lowest BCUT2D eigenvalue weighted by atomic mass is 9.69. The fourth-order valence-corrected chi connectivity index (χ4v) is 4.41. The molecule has 1 aromatic carbocycles. The first-order valence-electron chi connectivity index (χ1n) is 10.1. The van der Waals surface area contributed by atoms with Gasteiger partial charge in [-0.2, -0.15) is 0 Å². The van der Waals surface area contributed by atoms with Crippen molar-refractivity contribution in [3.63, 3.8) is 0 Å². The molecule has 0 saturated carbocycles. The Morgan fingerprint density at radius 2 is 1.94 bits per heavy atom. The van der Waals surface area contributed by atoms with Crippen LogP contribution in [0.2, 0.25) is 0 Å². The predicted octanol–water partition coefficient (Wildman–Crippen LogP) is 2.84. The Morgan fingerprint density at radius 1 is 1.16 bits per heavy atom. The van der Waals surface area contributed by atoms with Gasteiger partial charge < -0.3 is 14.8 Å². The first kappa shape index (κ1) is 20.7. The van der Waals surface area contributed by atoms with Crippen LogP contribution in [0.1, 0.15) is 43.7 Å². The molecule has 1 aliphatic carbocycles. The minimum Gasteiger partial charge on any atom is -0.493 e. The molecule has 0 bridgehead atoms. The quantitative estimate of drug-likeness (QED) is 0.638. The molecule has 2 heterocycles. The smallest absolute Gasteiger partial charge is 0.327 e. The molecular formula is C23H25N3O5. The Morgan fingerprint density at radius 3 is 2.65 bits per heavy atom. The fourth-order valence-electron chi connectivity index (χ4n) is 4.41. The maximum absolute atomic E-state index is 13.2. The van der Waals surface area contributed by atoms with Crippen LogP contribution in [-0.4, -0.2) is 29.5 Å². The molecule has 0 fully saturated rings. The average Bonchev–Trinajstić information content (AvgIpc) is 2.69. The van der Waals surface area contributed by atoms with Crippen LogP contribution in [0.4, 0.5) is 5.82 Å². The van der Waals surface area contributed by atoms with Crippen molar-refractivity contribution in [2.45, 2.75) is 32.6 Å². The normalized spacial score (nSPS) is 19.2. The van der Waals surface area contributed by atoms with E-state index in [1.807, 2.05) is 19.9 Å². The molecule has 162 valence electrons. The third-order valence-electron chi connectivity index (χ3n) is 5.63. The highest BCUT2D eigenvalue weighted by Gasteiger charge is 2.42. The summed E-state index contributed by atoms with van der Waals surface area (Å²) >= 11 is 0. The maximum atomic E-state index is 13.2. The van der Waals surface area contributed by atoms with Crippen LogP contribution in [0.3, 0.4) is 0 Å². The largest absolute Gasteiger partial charge is 0.493 e. The summed E-state index contributed by atoms with van der Waals surface area (Å²) < 4.78 is 11.1. The van der Waals surface area contributed by atoms with Crippen LogP contribution in [0, 0.1) is 5.41 Å². The Hall–Kier alpha value is -3.55. The molecule has 8 heteroatoms. The predicted molar refractivity (Wildman–Crippen MR) is 117 cm³/mol. The molecule has 2 aliphatic rings. The third-order valence-corrected chi connectivity index (χ3v) is 5.63. The number of aromatic amines is 2. The van der Waals surface area contributed by atoms with Crippen molar-refractivity contribution in [3.8, 4) is 11.5 Å². The second-order valence-corrected chi connectivity index (χ2v) is 8.60. The van der Waals surface area contributed by atoms with Gasteiger partial charge in [-0.25, -0.2) is 4.79 Å². The number of aromatic nitrogens is 2. The van der Waals surface area contributed by atoms with Gasteiger partial charge in [0.1, 0.15) is 12.4 Å². The van der Waals surface area contributed by atoms with Gasteiger partial charge in [-0.05, 0) is 29.5 Å². The van der Waals surface area contributed by atoms with Crippen LogP contribution >= 0.6 is 0 Å². The number of hydrogen-bond acceptors (Lipinski definition) is 6. The van der Waals surface area contributed by atoms with E-state index < -0.39 is 17.2 Å². The highest BCUT2D eigenvalue weighted by molar-refractivity contribution is 6.01. The van der Waals surface area contributed by atoms with Crippen molar-refractivity contribution in [1.29, 1.82) is 0 Å². The number of rotatable bonds is 5. The highest BCUT2D eigenvalue weighted by atomic mass is 16.5. The molecule has 0 spiro atoms. The summed E-state index contributed by atoms with van der Waals surface area (Å²) in [7, 11) is 1.53. The maximum Gasteiger partial charge on any atom is 0.327 e. The van der Waals surface area contributed by atoms with Gasteiger partial charge in [-0.15, -0.1) is 0 Å². The van der Waals surface area contributed by atoms with Crippen LogP contribution in [0.25, 0.3) is 0 Å². The first-order valence-corrected chi connectivity index (χ1v) is 10.1. The van der Waals surface area contributed by atoms with E-state index in [1.165, 1.54) is 7.11 Å². The van der Waals surface area contributed by atoms with Gasteiger partial charge >= 0.3 is 5.69 Å². The lowest BCUT2D eigenvalue weighted by Crippen LogP contribution is -2.38. The summed E-state index contributed by atoms with van der Waals surface area (Å²) in [6.07, 6.45) is 2.63. The molecule has 0 unspecified atom stereocenters. The van der Waals surface area contributed by atoms with Crippen molar-refractivity contribution in [1.82, 2.24) is 9.97 Å². The Labute approximate surface area is 179 Å². The van der Waals surface area contributed by atoms with E-state index in [0.29, 0.717) is 53.5 Å². The summed E-state index contributed by atoms with van der Waals surface area (Å²) in [5, 5.41) is 3.15. The fraction of sp³-hybridized carbons (Fsp3) is 0.348. The van der Waals surface area contributed by atoms with Crippen molar-refractivity contribution >= 4 is 11.6 Å². The molecule has 4 rings (SSSR count). The van der Waals surface area contributed by atoms with Crippen molar-refractivity contribution in [3.05, 3.63) is 74.1 Å². The van der Waals surface area contributed by atoms with Gasteiger partial charge in [0.05, 0.1) is 12.7 Å². The SMILES string of the molecule is C=CCOc1ccc([C@H]2C3=C(CC(C)(C)CC3=O)Nc3[nH]c(=O)[nH]c(=O)c32)cc1OC. The van der Waals surface area contributed by atoms with Gasteiger partial charge in [0.2, 0.25) is 0 Å². The zero-order chi connectivity index (χ0) is 22.3. The summed E-state index contributed by atoms with van der Waals surface area (Å²) in [4.78, 5) is 42.9. The number of fused-ring (bicyclic) bond motifs is 1. The third kappa shape index (κ3) is 3.69. The van der Waals surface area contributed by atoms with Crippen LogP contribution < -0.4 is 26.0 Å². The Balaban J connectivity index is 1.93. The van der Waals surface area contributed by atoms with Gasteiger partial charge in [0.25, 0.3) is 5.56 Å². The van der Waals surface area contributed by atoms with Crippen LogP contribution in [0.5, 0.6) is 11.5 Å². The number of allylic oxidation sites excluding steroid dienone is 2. The van der Waals surface area contributed by atoms with Crippen molar-refractivity contribution < 1.29 is 14.3 Å². The van der Waals surface area contributed by atoms with Crippen molar-refractivity contribution in [2.24, 2.45) is 5.41 Å². The number of anilines is 1. The zero-order valence-corrected chi connectivity index (χ0v) is 17.8. The number of Topliss-reactive ketones (excluding diaryl/α,β-unsaturated/α-hetero) is 1. The van der Waals surface area contributed by atoms with Gasteiger partial charge in [0, 0.05) is 23.6 Å². The second kappa shape index (κ2) is 7.61. The number of H-pyrrole nitrogens is 2. The Kier molecular flexibility index (Phi) is 5.08. The standard InChI is InChI=1S/C23H25N3O5/c1-5-8-31-15-7-6-12(9-16(15)30-4)17-18-13(10-23(2,3)11-14(18)27)24-20-19(17)21(28)26-22(29)25-20/h5-7,9,17H,1,8,10-11H2,2-4H3,(H3,24,25,26,28,29)/t17-/m0/s1. The summed E-state index contributed by atoms with van der Waals surface area (Å²) in [5.41, 5.74) is 0.901. The average molecular weight is 423 g/mol. The van der Waals surface area contributed by atoms with Gasteiger partial charge in [-0.1, -0.05) is 32.6 Å². The molecule has 31 heavy (non-hydrogen) atoms. The summed E-state index contributed by atoms with van der Waals surface area (Å²) in [5.74, 6) is 0.657. The number of nitrogens with one attached hydrogen (secondary N) is 3. The molecule has 2 aromatic rings. The van der Waals surface area contributed by atoms with Crippen LogP contribution in [0.15, 0.2) is 51.7 Å². The molecule has 8 nitrogen and oxygen atoms in total. The first-order chi connectivity index (χ1) is 14.7. The second-order valence-electron chi connectivity index (χ2n) is 8.60. The van der Waals surface area contributed by atoms with E-state index in [1.54, 1.807) is 18.2 Å².